The maximum absolute atomic E-state index is 11.2. The van der Waals surface area contributed by atoms with Crippen molar-refractivity contribution in [2.24, 2.45) is 0 Å². The molecule has 0 spiro atoms. The van der Waals surface area contributed by atoms with Gasteiger partial charge in [0.2, 0.25) is 5.91 Å². The Hall–Kier alpha value is -1.43. The first-order valence-electron chi connectivity index (χ1n) is 4.38. The molecule has 0 fully saturated rings. The highest BCUT2D eigenvalue weighted by atomic mass is 16.5. The highest BCUT2D eigenvalue weighted by molar-refractivity contribution is 5.80. The van der Waals surface area contributed by atoms with Gasteiger partial charge < -0.3 is 10.1 Å². The molecule has 1 aromatic rings. The number of methoxy groups -OCH3 is 1. The molecule has 0 aliphatic rings. The van der Waals surface area contributed by atoms with Gasteiger partial charge >= 0.3 is 0 Å². The van der Waals surface area contributed by atoms with Gasteiger partial charge in [-0.3, -0.25) is 9.89 Å². The zero-order chi connectivity index (χ0) is 10.4. The Bertz CT molecular complexity index is 273. The molecule has 2 N–H and O–H groups in total. The highest BCUT2D eigenvalue weighted by Crippen LogP contribution is 1.89. The SMILES string of the molecule is COC(C)C(=O)NCCc1ncn[nH]1. The molecular weight excluding hydrogens is 184 g/mol. The van der Waals surface area contributed by atoms with Crippen molar-refractivity contribution in [1.29, 1.82) is 0 Å². The fourth-order valence-electron chi connectivity index (χ4n) is 0.906. The first kappa shape index (κ1) is 10.6. The molecule has 0 aliphatic carbocycles. The van der Waals surface area contributed by atoms with Crippen molar-refractivity contribution >= 4 is 5.91 Å². The largest absolute Gasteiger partial charge is 0.372 e. The summed E-state index contributed by atoms with van der Waals surface area (Å²) in [5.74, 6) is 0.641. The number of hydrogen-bond donors (Lipinski definition) is 2. The molecule has 1 amide bonds. The molecule has 6 nitrogen and oxygen atoms in total. The Labute approximate surface area is 82.1 Å². The van der Waals surface area contributed by atoms with Gasteiger partial charge in [-0.1, -0.05) is 0 Å². The van der Waals surface area contributed by atoms with Gasteiger partial charge in [-0.2, -0.15) is 5.10 Å². The lowest BCUT2D eigenvalue weighted by atomic mass is 10.3. The molecule has 0 saturated carbocycles. The van der Waals surface area contributed by atoms with E-state index in [1.54, 1.807) is 6.92 Å². The smallest absolute Gasteiger partial charge is 0.248 e. The van der Waals surface area contributed by atoms with Crippen molar-refractivity contribution < 1.29 is 9.53 Å². The fraction of sp³-hybridized carbons (Fsp3) is 0.625. The zero-order valence-electron chi connectivity index (χ0n) is 8.28. The zero-order valence-corrected chi connectivity index (χ0v) is 8.28. The number of nitrogens with one attached hydrogen (secondary N) is 2. The normalized spacial score (nSPS) is 12.4. The van der Waals surface area contributed by atoms with Crippen LogP contribution in [-0.2, 0) is 16.0 Å². The summed E-state index contributed by atoms with van der Waals surface area (Å²) in [5.41, 5.74) is 0. The second-order valence-corrected chi connectivity index (χ2v) is 2.85. The molecule has 1 atom stereocenters. The predicted molar refractivity (Wildman–Crippen MR) is 49.6 cm³/mol. The van der Waals surface area contributed by atoms with Crippen molar-refractivity contribution in [3.63, 3.8) is 0 Å². The van der Waals surface area contributed by atoms with Gasteiger partial charge in [-0.15, -0.1) is 0 Å². The van der Waals surface area contributed by atoms with E-state index in [-0.39, 0.29) is 5.91 Å². The van der Waals surface area contributed by atoms with Crippen LogP contribution in [0.5, 0.6) is 0 Å². The van der Waals surface area contributed by atoms with E-state index in [1.807, 2.05) is 0 Å². The summed E-state index contributed by atoms with van der Waals surface area (Å²) >= 11 is 0. The van der Waals surface area contributed by atoms with Crippen LogP contribution >= 0.6 is 0 Å². The molecule has 78 valence electrons. The maximum atomic E-state index is 11.2. The third kappa shape index (κ3) is 3.14. The summed E-state index contributed by atoms with van der Waals surface area (Å²) in [6.07, 6.45) is 1.67. The second kappa shape index (κ2) is 5.33. The summed E-state index contributed by atoms with van der Waals surface area (Å²) < 4.78 is 4.85. The Morgan fingerprint density at radius 3 is 3.14 bits per heavy atom. The lowest BCUT2D eigenvalue weighted by Crippen LogP contribution is -2.35. The van der Waals surface area contributed by atoms with Gasteiger partial charge in [0.05, 0.1) is 0 Å². The van der Waals surface area contributed by atoms with Gasteiger partial charge in [-0.25, -0.2) is 4.98 Å². The average molecular weight is 198 g/mol. The van der Waals surface area contributed by atoms with E-state index in [0.29, 0.717) is 13.0 Å². The van der Waals surface area contributed by atoms with E-state index < -0.39 is 6.10 Å². The van der Waals surface area contributed by atoms with Crippen molar-refractivity contribution in [3.05, 3.63) is 12.2 Å². The second-order valence-electron chi connectivity index (χ2n) is 2.85. The Kier molecular flexibility index (Phi) is 4.06. The van der Waals surface area contributed by atoms with Crippen LogP contribution in [0.15, 0.2) is 6.33 Å². The Morgan fingerprint density at radius 1 is 1.79 bits per heavy atom. The lowest BCUT2D eigenvalue weighted by Gasteiger charge is -2.09. The molecule has 1 rings (SSSR count). The standard InChI is InChI=1S/C8H14N4O2/c1-6(14-2)8(13)9-4-3-7-10-5-11-12-7/h5-6H,3-4H2,1-2H3,(H,9,13)(H,10,11,12). The summed E-state index contributed by atoms with van der Waals surface area (Å²) in [5, 5.41) is 9.13. The minimum absolute atomic E-state index is 0.119. The van der Waals surface area contributed by atoms with E-state index in [4.69, 9.17) is 4.74 Å². The van der Waals surface area contributed by atoms with Gasteiger partial charge in [0, 0.05) is 20.1 Å². The molecule has 0 aliphatic heterocycles. The van der Waals surface area contributed by atoms with Crippen LogP contribution in [-0.4, -0.2) is 40.8 Å². The Morgan fingerprint density at radius 2 is 2.57 bits per heavy atom. The minimum atomic E-state index is -0.412. The Balaban J connectivity index is 2.18. The van der Waals surface area contributed by atoms with Gasteiger partial charge in [0.1, 0.15) is 18.3 Å². The molecule has 0 radical (unpaired) electrons. The van der Waals surface area contributed by atoms with E-state index >= 15 is 0 Å². The molecular formula is C8H14N4O2. The number of aromatic nitrogens is 3. The summed E-state index contributed by atoms with van der Waals surface area (Å²) in [6.45, 7) is 2.23. The molecule has 1 unspecified atom stereocenters. The quantitative estimate of drug-likeness (QED) is 0.668. The number of hydrogen-bond acceptors (Lipinski definition) is 4. The summed E-state index contributed by atoms with van der Waals surface area (Å²) in [6, 6.07) is 0. The maximum Gasteiger partial charge on any atom is 0.248 e. The number of amides is 1. The first-order valence-corrected chi connectivity index (χ1v) is 4.38. The van der Waals surface area contributed by atoms with E-state index in [9.17, 15) is 4.79 Å². The fourth-order valence-corrected chi connectivity index (χ4v) is 0.906. The van der Waals surface area contributed by atoms with Crippen molar-refractivity contribution in [2.45, 2.75) is 19.4 Å². The van der Waals surface area contributed by atoms with Crippen LogP contribution in [0.1, 0.15) is 12.7 Å². The number of H-pyrrole nitrogens is 1. The molecule has 1 aromatic heterocycles. The number of carbonyl (C=O) groups excluding carboxylic acids is 1. The molecule has 1 heterocycles. The van der Waals surface area contributed by atoms with Crippen molar-refractivity contribution in [1.82, 2.24) is 20.5 Å². The number of rotatable bonds is 5. The third-order valence-electron chi connectivity index (χ3n) is 1.85. The number of carbonyl (C=O) groups is 1. The van der Waals surface area contributed by atoms with Gasteiger partial charge in [0.25, 0.3) is 0 Å². The van der Waals surface area contributed by atoms with Crippen LogP contribution in [0.3, 0.4) is 0 Å². The van der Waals surface area contributed by atoms with E-state index in [0.717, 1.165) is 5.82 Å². The van der Waals surface area contributed by atoms with Gasteiger partial charge in [-0.05, 0) is 6.92 Å². The number of aromatic amines is 1. The lowest BCUT2D eigenvalue weighted by molar-refractivity contribution is -0.129. The predicted octanol–water partition coefficient (Wildman–Crippen LogP) is -0.502. The van der Waals surface area contributed by atoms with Crippen molar-refractivity contribution in [2.75, 3.05) is 13.7 Å². The van der Waals surface area contributed by atoms with Crippen LogP contribution < -0.4 is 5.32 Å². The number of ether oxygens (including phenoxy) is 1. The first-order chi connectivity index (χ1) is 6.74. The molecule has 14 heavy (non-hydrogen) atoms. The van der Waals surface area contributed by atoms with Crippen LogP contribution in [0.25, 0.3) is 0 Å². The topological polar surface area (TPSA) is 79.9 Å². The third-order valence-corrected chi connectivity index (χ3v) is 1.85. The van der Waals surface area contributed by atoms with Gasteiger partial charge in [0.15, 0.2) is 0 Å². The minimum Gasteiger partial charge on any atom is -0.372 e. The highest BCUT2D eigenvalue weighted by Gasteiger charge is 2.10. The monoisotopic (exact) mass is 198 g/mol. The molecule has 0 bridgehead atoms. The molecule has 0 aromatic carbocycles. The molecule has 6 heteroatoms. The summed E-state index contributed by atoms with van der Waals surface area (Å²) in [4.78, 5) is 15.1. The molecule has 0 saturated heterocycles. The van der Waals surface area contributed by atoms with Crippen molar-refractivity contribution in [3.8, 4) is 0 Å². The van der Waals surface area contributed by atoms with Crippen LogP contribution in [0.2, 0.25) is 0 Å². The van der Waals surface area contributed by atoms with Crippen LogP contribution in [0.4, 0.5) is 0 Å². The number of nitrogens with zero attached hydrogens (tertiary/aromatic N) is 2. The van der Waals surface area contributed by atoms with E-state index in [2.05, 4.69) is 20.5 Å². The van der Waals surface area contributed by atoms with E-state index in [1.165, 1.54) is 13.4 Å². The average Bonchev–Trinajstić information content (AvgIpc) is 2.69. The summed E-state index contributed by atoms with van der Waals surface area (Å²) in [7, 11) is 1.50. The van der Waals surface area contributed by atoms with Crippen LogP contribution in [0, 0.1) is 0 Å².